The van der Waals surface area contributed by atoms with Crippen LogP contribution in [0.1, 0.15) is 35.7 Å². The van der Waals surface area contributed by atoms with Crippen molar-refractivity contribution in [3.05, 3.63) is 35.4 Å². The molecule has 0 radical (unpaired) electrons. The van der Waals surface area contributed by atoms with Gasteiger partial charge in [-0.2, -0.15) is 0 Å². The molecule has 24 heavy (non-hydrogen) atoms. The summed E-state index contributed by atoms with van der Waals surface area (Å²) in [7, 11) is 1.79. The summed E-state index contributed by atoms with van der Waals surface area (Å²) >= 11 is 0. The average molecular weight is 335 g/mol. The fraction of sp³-hybridized carbons (Fsp3) is 0.375. The van der Waals surface area contributed by atoms with Crippen molar-refractivity contribution in [2.75, 3.05) is 13.7 Å². The first-order valence-corrected chi connectivity index (χ1v) is 7.39. The van der Waals surface area contributed by atoms with E-state index >= 15 is 0 Å². The minimum absolute atomic E-state index is 0.0469. The van der Waals surface area contributed by atoms with Crippen molar-refractivity contribution in [1.82, 2.24) is 15.7 Å². The summed E-state index contributed by atoms with van der Waals surface area (Å²) < 4.78 is 0. The van der Waals surface area contributed by atoms with Crippen LogP contribution < -0.4 is 10.6 Å². The van der Waals surface area contributed by atoms with Crippen molar-refractivity contribution < 1.29 is 24.0 Å². The van der Waals surface area contributed by atoms with E-state index in [0.29, 0.717) is 17.3 Å². The van der Waals surface area contributed by atoms with E-state index in [1.54, 1.807) is 7.05 Å². The number of carbonyl (C=O) groups excluding carboxylic acids is 4. The van der Waals surface area contributed by atoms with Crippen LogP contribution in [-0.4, -0.2) is 42.5 Å². The Morgan fingerprint density at radius 2 is 1.67 bits per heavy atom. The van der Waals surface area contributed by atoms with E-state index in [1.165, 1.54) is 0 Å². The third kappa shape index (κ3) is 6.17. The Morgan fingerprint density at radius 3 is 2.12 bits per heavy atom. The molecule has 2 rings (SSSR count). The van der Waals surface area contributed by atoms with Crippen LogP contribution in [0.5, 0.6) is 0 Å². The fourth-order valence-electron chi connectivity index (χ4n) is 1.76. The van der Waals surface area contributed by atoms with Crippen molar-refractivity contribution in [3.63, 3.8) is 0 Å². The van der Waals surface area contributed by atoms with Gasteiger partial charge in [0.05, 0.1) is 6.67 Å². The molecule has 0 saturated carbocycles. The zero-order valence-electron chi connectivity index (χ0n) is 13.9. The molecule has 1 aromatic carbocycles. The fourth-order valence-corrected chi connectivity index (χ4v) is 1.76. The first kappa shape index (κ1) is 19.3. The topological polar surface area (TPSA) is 105 Å². The number of carbonyl (C=O) groups is 4. The number of hydrogen-bond acceptors (Lipinski definition) is 6. The number of hydroxylamine groups is 2. The first-order chi connectivity index (χ1) is 11.3. The molecule has 1 aromatic rings. The van der Waals surface area contributed by atoms with Gasteiger partial charge < -0.3 is 15.5 Å². The summed E-state index contributed by atoms with van der Waals surface area (Å²) in [5.74, 6) is -1.61. The quantitative estimate of drug-likeness (QED) is 0.614. The molecule has 1 aliphatic rings. The number of benzene rings is 1. The molecule has 2 N–H and O–H groups in total. The molecular formula is C16H21N3O5. The summed E-state index contributed by atoms with van der Waals surface area (Å²) in [5.41, 5.74) is 1.85. The van der Waals surface area contributed by atoms with Crippen molar-refractivity contribution in [2.45, 2.75) is 26.7 Å². The molecule has 3 amide bonds. The van der Waals surface area contributed by atoms with Crippen LogP contribution in [0.25, 0.3) is 0 Å². The molecule has 0 bridgehead atoms. The lowest BCUT2D eigenvalue weighted by Crippen LogP contribution is -2.31. The predicted octanol–water partition coefficient (Wildman–Crippen LogP) is 0.515. The van der Waals surface area contributed by atoms with Gasteiger partial charge in [0.15, 0.2) is 0 Å². The molecule has 0 unspecified atom stereocenters. The van der Waals surface area contributed by atoms with E-state index in [0.717, 1.165) is 12.5 Å². The van der Waals surface area contributed by atoms with Crippen molar-refractivity contribution in [1.29, 1.82) is 0 Å². The second-order valence-electron chi connectivity index (χ2n) is 5.07. The lowest BCUT2D eigenvalue weighted by atomic mass is 10.1. The number of nitrogens with one attached hydrogen (secondary N) is 2. The number of aryl methyl sites for hydroxylation is 1. The van der Waals surface area contributed by atoms with Gasteiger partial charge in [0.2, 0.25) is 0 Å². The third-order valence-corrected chi connectivity index (χ3v) is 2.97. The van der Waals surface area contributed by atoms with Crippen LogP contribution in [0, 0.1) is 6.92 Å². The molecule has 0 spiro atoms. The van der Waals surface area contributed by atoms with Gasteiger partial charge in [-0.1, -0.05) is 17.7 Å². The highest BCUT2D eigenvalue weighted by Crippen LogP contribution is 2.11. The lowest BCUT2D eigenvalue weighted by molar-refractivity contribution is -0.195. The molecule has 1 aliphatic heterocycles. The molecule has 1 saturated heterocycles. The zero-order valence-corrected chi connectivity index (χ0v) is 13.9. The van der Waals surface area contributed by atoms with E-state index in [9.17, 15) is 19.2 Å². The van der Waals surface area contributed by atoms with Crippen LogP contribution in [0.2, 0.25) is 0 Å². The Morgan fingerprint density at radius 1 is 1.12 bits per heavy atom. The van der Waals surface area contributed by atoms with Crippen LogP contribution >= 0.6 is 0 Å². The van der Waals surface area contributed by atoms with Gasteiger partial charge in [-0.15, -0.1) is 5.06 Å². The van der Waals surface area contributed by atoms with Crippen molar-refractivity contribution in [2.24, 2.45) is 0 Å². The Labute approximate surface area is 140 Å². The summed E-state index contributed by atoms with van der Waals surface area (Å²) in [6, 6.07) is 7.49. The summed E-state index contributed by atoms with van der Waals surface area (Å²) in [4.78, 5) is 47.5. The van der Waals surface area contributed by atoms with E-state index in [1.807, 2.05) is 31.2 Å². The Bertz CT molecular complexity index is 597. The lowest BCUT2D eigenvalue weighted by Gasteiger charge is -2.09. The monoisotopic (exact) mass is 335 g/mol. The standard InChI is InChI=1S/C10H14N2O.C6H7NO4/c1-8-3-5-9(6-4-8)10(13)12-7-11-2;1-4(8)11-7-5(9)2-3-6(7)10/h3-6,11H,7H2,1-2H3,(H,12,13);2-3H2,1H3. The minimum atomic E-state index is -0.659. The Kier molecular flexibility index (Phi) is 7.57. The highest BCUT2D eigenvalue weighted by molar-refractivity contribution is 6.01. The van der Waals surface area contributed by atoms with Gasteiger partial charge >= 0.3 is 5.97 Å². The second-order valence-corrected chi connectivity index (χ2v) is 5.07. The zero-order chi connectivity index (χ0) is 18.1. The van der Waals surface area contributed by atoms with Gasteiger partial charge in [0.25, 0.3) is 17.7 Å². The van der Waals surface area contributed by atoms with Crippen LogP contribution in [-0.2, 0) is 19.2 Å². The molecule has 0 aromatic heterocycles. The molecule has 8 nitrogen and oxygen atoms in total. The molecule has 0 aliphatic carbocycles. The van der Waals surface area contributed by atoms with Crippen molar-refractivity contribution in [3.8, 4) is 0 Å². The largest absolute Gasteiger partial charge is 0.339 e. The maximum Gasteiger partial charge on any atom is 0.330 e. The van der Waals surface area contributed by atoms with Gasteiger partial charge in [-0.25, -0.2) is 4.79 Å². The normalized spacial score (nSPS) is 13.2. The molecule has 1 fully saturated rings. The van der Waals surface area contributed by atoms with Gasteiger partial charge in [-0.3, -0.25) is 14.4 Å². The second kappa shape index (κ2) is 9.41. The number of nitrogens with zero attached hydrogens (tertiary/aromatic N) is 1. The number of rotatable bonds is 4. The van der Waals surface area contributed by atoms with Crippen LogP contribution in [0.15, 0.2) is 24.3 Å². The van der Waals surface area contributed by atoms with Crippen LogP contribution in [0.4, 0.5) is 0 Å². The highest BCUT2D eigenvalue weighted by Gasteiger charge is 2.31. The van der Waals surface area contributed by atoms with Gasteiger partial charge in [0, 0.05) is 25.3 Å². The number of imide groups is 1. The molecular weight excluding hydrogens is 314 g/mol. The molecule has 130 valence electrons. The number of hydrogen-bond donors (Lipinski definition) is 2. The Balaban J connectivity index is 0.000000243. The van der Waals surface area contributed by atoms with Gasteiger partial charge in [0.1, 0.15) is 0 Å². The maximum absolute atomic E-state index is 11.4. The van der Waals surface area contributed by atoms with E-state index < -0.39 is 17.8 Å². The highest BCUT2D eigenvalue weighted by atomic mass is 16.7. The van der Waals surface area contributed by atoms with E-state index in [-0.39, 0.29) is 18.7 Å². The predicted molar refractivity (Wildman–Crippen MR) is 85.4 cm³/mol. The number of amides is 3. The van der Waals surface area contributed by atoms with Gasteiger partial charge in [-0.05, 0) is 26.1 Å². The van der Waals surface area contributed by atoms with Crippen molar-refractivity contribution >= 4 is 23.7 Å². The Hall–Kier alpha value is -2.74. The SMILES string of the molecule is CC(=O)ON1C(=O)CCC1=O.CNCNC(=O)c1ccc(C)cc1. The first-order valence-electron chi connectivity index (χ1n) is 7.39. The minimum Gasteiger partial charge on any atom is -0.339 e. The molecule has 1 heterocycles. The van der Waals surface area contributed by atoms with E-state index in [4.69, 9.17) is 0 Å². The third-order valence-electron chi connectivity index (χ3n) is 2.97. The maximum atomic E-state index is 11.4. The summed E-state index contributed by atoms with van der Waals surface area (Å²) in [6.07, 6.45) is 0.262. The molecule has 8 heteroatoms. The van der Waals surface area contributed by atoms with Crippen LogP contribution in [0.3, 0.4) is 0 Å². The summed E-state index contributed by atoms with van der Waals surface area (Å²) in [5, 5.41) is 6.08. The average Bonchev–Trinajstić information content (AvgIpc) is 2.85. The molecule has 0 atom stereocenters. The summed E-state index contributed by atoms with van der Waals surface area (Å²) in [6.45, 7) is 3.63. The smallest absolute Gasteiger partial charge is 0.330 e. The van der Waals surface area contributed by atoms with E-state index in [2.05, 4.69) is 15.5 Å².